The van der Waals surface area contributed by atoms with E-state index in [1.54, 1.807) is 12.1 Å². The summed E-state index contributed by atoms with van der Waals surface area (Å²) in [7, 11) is 0. The van der Waals surface area contributed by atoms with Crippen molar-refractivity contribution in [3.63, 3.8) is 0 Å². The first-order valence-electron chi connectivity index (χ1n) is 11.4. The molecule has 2 aromatic carbocycles. The number of hydrazine groups is 1. The molecule has 2 heterocycles. The maximum absolute atomic E-state index is 13.4. The molecule has 4 rings (SSSR count). The normalized spacial score (nSPS) is 15.3. The molecule has 35 heavy (non-hydrogen) atoms. The number of piperazine rings is 1. The van der Waals surface area contributed by atoms with Gasteiger partial charge in [0.2, 0.25) is 0 Å². The second-order valence-electron chi connectivity index (χ2n) is 8.43. The molecule has 1 amide bonds. The third kappa shape index (κ3) is 6.46. The molecule has 0 unspecified atom stereocenters. The molecule has 0 radical (unpaired) electrons. The highest BCUT2D eigenvalue weighted by Gasteiger charge is 2.44. The molecule has 186 valence electrons. The Balaban J connectivity index is 1.37. The van der Waals surface area contributed by atoms with E-state index in [2.05, 4.69) is 10.1 Å². The van der Waals surface area contributed by atoms with Crippen molar-refractivity contribution in [3.8, 4) is 11.3 Å². The molecule has 1 saturated heterocycles. The van der Waals surface area contributed by atoms with Gasteiger partial charge in [-0.15, -0.1) is 0 Å². The third-order valence-electron chi connectivity index (χ3n) is 5.98. The van der Waals surface area contributed by atoms with Crippen LogP contribution in [0.1, 0.15) is 17.5 Å². The van der Waals surface area contributed by atoms with E-state index in [0.717, 1.165) is 10.6 Å². The number of aromatic nitrogens is 1. The van der Waals surface area contributed by atoms with Crippen molar-refractivity contribution < 1.29 is 26.9 Å². The summed E-state index contributed by atoms with van der Waals surface area (Å²) in [4.78, 5) is 14.4. The highest BCUT2D eigenvalue weighted by molar-refractivity contribution is 5.81. The van der Waals surface area contributed by atoms with Crippen LogP contribution in [0.5, 0.6) is 0 Å². The van der Waals surface area contributed by atoms with Gasteiger partial charge in [-0.25, -0.2) is 9.40 Å². The maximum atomic E-state index is 13.4. The molecule has 0 saturated carbocycles. The fourth-order valence-electron chi connectivity index (χ4n) is 4.19. The summed E-state index contributed by atoms with van der Waals surface area (Å²) in [6.07, 6.45) is -2.83. The van der Waals surface area contributed by atoms with Crippen LogP contribution in [0.25, 0.3) is 11.3 Å². The summed E-state index contributed by atoms with van der Waals surface area (Å²) >= 11 is 0. The zero-order valence-electron chi connectivity index (χ0n) is 19.0. The van der Waals surface area contributed by atoms with Gasteiger partial charge in [0.15, 0.2) is 5.76 Å². The van der Waals surface area contributed by atoms with Crippen molar-refractivity contribution in [2.24, 2.45) is 0 Å². The number of rotatable bonds is 8. The van der Waals surface area contributed by atoms with Crippen molar-refractivity contribution >= 4 is 5.91 Å². The first-order chi connectivity index (χ1) is 16.8. The average molecular weight is 491 g/mol. The van der Waals surface area contributed by atoms with E-state index in [0.29, 0.717) is 56.0 Å². The van der Waals surface area contributed by atoms with Crippen molar-refractivity contribution in [2.75, 3.05) is 32.7 Å². The van der Waals surface area contributed by atoms with Crippen molar-refractivity contribution in [3.05, 3.63) is 77.7 Å². The van der Waals surface area contributed by atoms with Crippen LogP contribution in [0.4, 0.5) is 17.6 Å². The minimum absolute atomic E-state index is 0.0922. The number of carbonyl (C=O) groups is 1. The van der Waals surface area contributed by atoms with Crippen molar-refractivity contribution in [1.82, 2.24) is 20.1 Å². The van der Waals surface area contributed by atoms with Gasteiger partial charge in [-0.2, -0.15) is 13.2 Å². The smallest absolute Gasteiger partial charge is 0.356 e. The molecule has 1 aliphatic rings. The van der Waals surface area contributed by atoms with Gasteiger partial charge in [0.25, 0.3) is 0 Å². The zero-order valence-corrected chi connectivity index (χ0v) is 19.0. The fraction of sp³-hybridized carbons (Fsp3) is 0.360. The Morgan fingerprint density at radius 2 is 1.69 bits per heavy atom. The zero-order chi connectivity index (χ0) is 24.8. The van der Waals surface area contributed by atoms with Gasteiger partial charge >= 0.3 is 12.1 Å². The molecule has 0 N–H and O–H groups in total. The number of aryl methyl sites for hydroxylation is 1. The largest absolute Gasteiger partial charge is 0.472 e. The summed E-state index contributed by atoms with van der Waals surface area (Å²) in [6, 6.07) is 15.5. The highest BCUT2D eigenvalue weighted by atomic mass is 19.4. The summed E-state index contributed by atoms with van der Waals surface area (Å²) in [5.74, 6) is -1.81. The van der Waals surface area contributed by atoms with Crippen LogP contribution >= 0.6 is 0 Å². The molecule has 0 spiro atoms. The number of alkyl halides is 3. The van der Waals surface area contributed by atoms with Crippen LogP contribution in [0.2, 0.25) is 0 Å². The van der Waals surface area contributed by atoms with Crippen LogP contribution in [0, 0.1) is 5.82 Å². The third-order valence-corrected chi connectivity index (χ3v) is 5.98. The number of halogens is 4. The second kappa shape index (κ2) is 11.0. The lowest BCUT2D eigenvalue weighted by molar-refractivity contribution is -0.204. The Labute approximate surface area is 200 Å². The lowest BCUT2D eigenvalue weighted by atomic mass is 10.1. The van der Waals surface area contributed by atoms with E-state index in [-0.39, 0.29) is 18.8 Å². The number of hydrogen-bond donors (Lipinski definition) is 0. The van der Waals surface area contributed by atoms with Gasteiger partial charge in [-0.3, -0.25) is 14.7 Å². The molecular formula is C25H26F4N4O2. The van der Waals surface area contributed by atoms with Gasteiger partial charge in [0.05, 0.1) is 6.20 Å². The first kappa shape index (κ1) is 24.9. The molecule has 0 atom stereocenters. The summed E-state index contributed by atoms with van der Waals surface area (Å²) in [5, 5.41) is 6.10. The van der Waals surface area contributed by atoms with Crippen molar-refractivity contribution in [1.29, 1.82) is 0 Å². The number of nitrogens with zero attached hydrogens (tertiary/aromatic N) is 4. The average Bonchev–Trinajstić information content (AvgIpc) is 3.31. The van der Waals surface area contributed by atoms with E-state index in [1.165, 1.54) is 23.3 Å². The second-order valence-corrected chi connectivity index (χ2v) is 8.43. The number of amides is 1. The predicted molar refractivity (Wildman–Crippen MR) is 121 cm³/mol. The molecule has 1 aromatic heterocycles. The minimum Gasteiger partial charge on any atom is -0.356 e. The Kier molecular flexibility index (Phi) is 7.82. The molecule has 3 aromatic rings. The first-order valence-corrected chi connectivity index (χ1v) is 11.4. The topological polar surface area (TPSA) is 52.8 Å². The Morgan fingerprint density at radius 3 is 2.34 bits per heavy atom. The Morgan fingerprint density at radius 1 is 1.00 bits per heavy atom. The molecule has 6 nitrogen and oxygen atoms in total. The van der Waals surface area contributed by atoms with E-state index in [9.17, 15) is 22.4 Å². The molecular weight excluding hydrogens is 464 g/mol. The molecule has 1 aliphatic heterocycles. The van der Waals surface area contributed by atoms with Crippen LogP contribution < -0.4 is 0 Å². The monoisotopic (exact) mass is 490 g/mol. The highest BCUT2D eigenvalue weighted by Crippen LogP contribution is 2.26. The van der Waals surface area contributed by atoms with E-state index < -0.39 is 12.1 Å². The number of hydrogen-bond acceptors (Lipinski definition) is 5. The molecule has 1 fully saturated rings. The molecule has 10 heteroatoms. The fourth-order valence-corrected chi connectivity index (χ4v) is 4.19. The number of benzene rings is 2. The lowest BCUT2D eigenvalue weighted by Gasteiger charge is -2.41. The van der Waals surface area contributed by atoms with Crippen LogP contribution in [0.3, 0.4) is 0 Å². The maximum Gasteiger partial charge on any atom is 0.472 e. The standard InChI is InChI=1S/C25H26F4N4O2/c26-22-10-8-20(9-11-22)23-21(17-30-35-23)7-4-12-33(24(34)25(27,28)29)32-15-13-31(14-16-32)18-19-5-2-1-3-6-19/h1-3,5-6,8-11,17H,4,7,12-16,18H2. The number of carbonyl (C=O) groups excluding carboxylic acids is 1. The van der Waals surface area contributed by atoms with E-state index >= 15 is 0 Å². The molecule has 0 aliphatic carbocycles. The van der Waals surface area contributed by atoms with Crippen LogP contribution in [0.15, 0.2) is 65.3 Å². The molecule has 0 bridgehead atoms. The van der Waals surface area contributed by atoms with Gasteiger partial charge in [-0.1, -0.05) is 35.5 Å². The minimum atomic E-state index is -4.96. The van der Waals surface area contributed by atoms with E-state index in [1.807, 2.05) is 30.3 Å². The van der Waals surface area contributed by atoms with E-state index in [4.69, 9.17) is 4.52 Å². The van der Waals surface area contributed by atoms with Gasteiger partial charge < -0.3 is 4.52 Å². The van der Waals surface area contributed by atoms with Crippen LogP contribution in [-0.4, -0.2) is 64.9 Å². The SMILES string of the molecule is O=C(N(CCCc1cnoc1-c1ccc(F)cc1)N1CCN(Cc2ccccc2)CC1)C(F)(F)F. The summed E-state index contributed by atoms with van der Waals surface area (Å²) in [5.41, 5.74) is 2.44. The summed E-state index contributed by atoms with van der Waals surface area (Å²) in [6.45, 7) is 2.37. The lowest BCUT2D eigenvalue weighted by Crippen LogP contribution is -2.58. The Bertz CT molecular complexity index is 1090. The quantitative estimate of drug-likeness (QED) is 0.434. The van der Waals surface area contributed by atoms with Gasteiger partial charge in [-0.05, 0) is 42.7 Å². The van der Waals surface area contributed by atoms with Gasteiger partial charge in [0, 0.05) is 50.4 Å². The van der Waals surface area contributed by atoms with Gasteiger partial charge in [0.1, 0.15) is 5.82 Å². The predicted octanol–water partition coefficient (Wildman–Crippen LogP) is 4.54. The summed E-state index contributed by atoms with van der Waals surface area (Å²) < 4.78 is 58.6. The van der Waals surface area contributed by atoms with Crippen molar-refractivity contribution in [2.45, 2.75) is 25.6 Å². The Hall–Kier alpha value is -3.24. The van der Waals surface area contributed by atoms with Crippen LogP contribution in [-0.2, 0) is 17.8 Å².